The number of aliphatic carboxylic acids is 2. The van der Waals surface area contributed by atoms with E-state index in [-0.39, 0.29) is 24.7 Å². The Morgan fingerprint density at radius 3 is 2.03 bits per heavy atom. The lowest BCUT2D eigenvalue weighted by atomic mass is 9.98. The summed E-state index contributed by atoms with van der Waals surface area (Å²) < 4.78 is 5.48. The average Bonchev–Trinajstić information content (AvgIpc) is 3.17. The monoisotopic (exact) mass is 544 g/mol. The fraction of sp³-hybridized carbons (Fsp3) is 0.407. The highest BCUT2D eigenvalue weighted by Crippen LogP contribution is 2.44. The van der Waals surface area contributed by atoms with Gasteiger partial charge in [-0.2, -0.15) is 12.6 Å². The molecule has 3 N–H and O–H groups in total. The van der Waals surface area contributed by atoms with Gasteiger partial charge >= 0.3 is 24.0 Å². The van der Waals surface area contributed by atoms with Crippen molar-refractivity contribution < 1.29 is 39.0 Å². The van der Waals surface area contributed by atoms with E-state index < -0.39 is 48.0 Å². The van der Waals surface area contributed by atoms with E-state index in [4.69, 9.17) is 14.7 Å². The Bertz CT molecular complexity index is 1150. The van der Waals surface area contributed by atoms with Crippen molar-refractivity contribution in [3.63, 3.8) is 0 Å². The van der Waals surface area contributed by atoms with E-state index in [2.05, 4.69) is 17.9 Å². The first-order valence-corrected chi connectivity index (χ1v) is 12.8. The van der Waals surface area contributed by atoms with Crippen LogP contribution in [0.5, 0.6) is 0 Å². The van der Waals surface area contributed by atoms with E-state index in [0.29, 0.717) is 0 Å². The molecule has 2 aromatic carbocycles. The molecule has 1 aliphatic carbocycles. The van der Waals surface area contributed by atoms with Crippen LogP contribution in [-0.4, -0.2) is 69.3 Å². The Kier molecular flexibility index (Phi) is 9.40. The fourth-order valence-corrected chi connectivity index (χ4v) is 4.68. The van der Waals surface area contributed by atoms with Gasteiger partial charge in [0.15, 0.2) is 6.04 Å². The summed E-state index contributed by atoms with van der Waals surface area (Å²) in [5.74, 6) is -3.80. The number of carboxylic acid groups (broad SMARTS) is 2. The highest BCUT2D eigenvalue weighted by atomic mass is 32.1. The molecule has 2 atom stereocenters. The molecule has 10 nitrogen and oxygen atoms in total. The number of nitrogens with zero attached hydrogens (tertiary/aromatic N) is 1. The second kappa shape index (κ2) is 12.3. The van der Waals surface area contributed by atoms with Crippen LogP contribution in [-0.2, 0) is 24.0 Å². The maximum Gasteiger partial charge on any atom is 0.407 e. The molecule has 11 heteroatoms. The number of thiol groups is 1. The van der Waals surface area contributed by atoms with Gasteiger partial charge < -0.3 is 25.1 Å². The van der Waals surface area contributed by atoms with E-state index in [9.17, 15) is 24.3 Å². The number of alkyl carbamates (subject to hydrolysis) is 1. The number of carbonyl (C=O) groups is 4. The fourth-order valence-electron chi connectivity index (χ4n) is 4.38. The number of nitrogens with one attached hydrogen (secondary N) is 1. The molecule has 0 bridgehead atoms. The molecular weight excluding hydrogens is 512 g/mol. The molecule has 0 aromatic heterocycles. The minimum Gasteiger partial charge on any atom is -0.481 e. The van der Waals surface area contributed by atoms with E-state index in [1.807, 2.05) is 48.5 Å². The molecule has 0 fully saturated rings. The molecule has 0 saturated heterocycles. The number of hydrogen-bond donors (Lipinski definition) is 4. The molecular formula is C27H32N2O8S. The van der Waals surface area contributed by atoms with Crippen molar-refractivity contribution >= 4 is 36.6 Å². The molecule has 0 saturated carbocycles. The zero-order chi connectivity index (χ0) is 28.0. The van der Waals surface area contributed by atoms with Gasteiger partial charge in [0.1, 0.15) is 12.6 Å². The second-order valence-corrected chi connectivity index (χ2v) is 10.3. The molecule has 3 rings (SSSR count). The van der Waals surface area contributed by atoms with Crippen molar-refractivity contribution in [2.24, 2.45) is 0 Å². The van der Waals surface area contributed by atoms with Crippen LogP contribution < -0.4 is 5.32 Å². The highest BCUT2D eigenvalue weighted by Gasteiger charge is 2.38. The second-order valence-electron chi connectivity index (χ2n) is 9.90. The zero-order valence-electron chi connectivity index (χ0n) is 21.4. The Hall–Kier alpha value is -3.57. The van der Waals surface area contributed by atoms with Crippen molar-refractivity contribution in [1.82, 2.24) is 10.4 Å². The van der Waals surface area contributed by atoms with Crippen LogP contribution in [0.1, 0.15) is 50.7 Å². The van der Waals surface area contributed by atoms with E-state index in [1.165, 1.54) is 0 Å². The van der Waals surface area contributed by atoms with Gasteiger partial charge in [-0.05, 0) is 49.4 Å². The summed E-state index contributed by atoms with van der Waals surface area (Å²) in [7, 11) is 0. The van der Waals surface area contributed by atoms with Crippen molar-refractivity contribution in [2.75, 3.05) is 12.4 Å². The summed E-state index contributed by atoms with van der Waals surface area (Å²) in [6.45, 7) is 4.93. The summed E-state index contributed by atoms with van der Waals surface area (Å²) in [6, 6.07) is 13.0. The SMILES string of the molecule is CC(C)(C)N(OC(=O)[C@H](CCC(=O)O)NC(=O)OCC1c2ccccc2-c2ccccc21)[C@H](CS)C(=O)O. The minimum atomic E-state index is -1.39. The molecule has 38 heavy (non-hydrogen) atoms. The lowest BCUT2D eigenvalue weighted by Gasteiger charge is -2.37. The number of carbonyl (C=O) groups excluding carboxylic acids is 2. The number of amides is 1. The average molecular weight is 545 g/mol. The first-order valence-electron chi connectivity index (χ1n) is 12.1. The summed E-state index contributed by atoms with van der Waals surface area (Å²) in [5.41, 5.74) is 3.20. The number of carboxylic acids is 2. The third-order valence-electron chi connectivity index (χ3n) is 6.16. The molecule has 0 heterocycles. The molecule has 1 amide bonds. The lowest BCUT2D eigenvalue weighted by Crippen LogP contribution is -2.55. The molecule has 2 aromatic rings. The first kappa shape index (κ1) is 29.0. The molecule has 0 radical (unpaired) electrons. The largest absolute Gasteiger partial charge is 0.481 e. The maximum atomic E-state index is 13.0. The molecule has 0 aliphatic heterocycles. The summed E-state index contributed by atoms with van der Waals surface area (Å²) in [6.07, 6.45) is -1.64. The molecule has 1 aliphatic rings. The minimum absolute atomic E-state index is 0.00455. The Labute approximate surface area is 226 Å². The van der Waals surface area contributed by atoms with Gasteiger partial charge in [0, 0.05) is 23.6 Å². The van der Waals surface area contributed by atoms with Crippen LogP contribution in [0.4, 0.5) is 4.79 Å². The predicted molar refractivity (Wildman–Crippen MR) is 142 cm³/mol. The van der Waals surface area contributed by atoms with Crippen molar-refractivity contribution in [3.05, 3.63) is 59.7 Å². The number of hydroxylamine groups is 2. The standard InChI is InChI=1S/C27H32N2O8S/c1-27(2,3)29(22(15-38)24(32)33)37-25(34)21(12-13-23(30)31)28-26(35)36-14-20-18-10-6-4-8-16(18)17-9-5-7-11-19(17)20/h4-11,20-22,38H,12-15H2,1-3H3,(H,28,35)(H,30,31)(H,32,33)/t21-,22+/m0/s1. The number of fused-ring (bicyclic) bond motifs is 3. The van der Waals surface area contributed by atoms with Gasteiger partial charge in [0.25, 0.3) is 0 Å². The van der Waals surface area contributed by atoms with Gasteiger partial charge in [0.2, 0.25) is 0 Å². The zero-order valence-corrected chi connectivity index (χ0v) is 22.3. The van der Waals surface area contributed by atoms with E-state index in [1.54, 1.807) is 20.8 Å². The Morgan fingerprint density at radius 1 is 1.00 bits per heavy atom. The van der Waals surface area contributed by atoms with Gasteiger partial charge in [-0.25, -0.2) is 9.59 Å². The van der Waals surface area contributed by atoms with Crippen LogP contribution in [0.2, 0.25) is 0 Å². The van der Waals surface area contributed by atoms with E-state index >= 15 is 0 Å². The summed E-state index contributed by atoms with van der Waals surface area (Å²) in [4.78, 5) is 54.1. The van der Waals surface area contributed by atoms with E-state index in [0.717, 1.165) is 27.3 Å². The van der Waals surface area contributed by atoms with Crippen molar-refractivity contribution in [1.29, 1.82) is 0 Å². The third kappa shape index (κ3) is 6.84. The first-order chi connectivity index (χ1) is 17.9. The summed E-state index contributed by atoms with van der Waals surface area (Å²) in [5, 5.41) is 22.0. The topological polar surface area (TPSA) is 142 Å². The quantitative estimate of drug-likeness (QED) is 0.246. The lowest BCUT2D eigenvalue weighted by molar-refractivity contribution is -0.232. The van der Waals surface area contributed by atoms with Gasteiger partial charge in [0.05, 0.1) is 0 Å². The van der Waals surface area contributed by atoms with Gasteiger partial charge in [-0.3, -0.25) is 9.59 Å². The van der Waals surface area contributed by atoms with Crippen molar-refractivity contribution in [2.45, 2.75) is 57.2 Å². The maximum absolute atomic E-state index is 13.0. The molecule has 0 unspecified atom stereocenters. The number of hydrogen-bond acceptors (Lipinski definition) is 8. The van der Waals surface area contributed by atoms with Crippen molar-refractivity contribution in [3.8, 4) is 11.1 Å². The predicted octanol–water partition coefficient (Wildman–Crippen LogP) is 3.70. The van der Waals surface area contributed by atoms with Gasteiger partial charge in [-0.15, -0.1) is 5.06 Å². The number of rotatable bonds is 11. The smallest absolute Gasteiger partial charge is 0.407 e. The highest BCUT2D eigenvalue weighted by molar-refractivity contribution is 7.80. The summed E-state index contributed by atoms with van der Waals surface area (Å²) >= 11 is 4.05. The van der Waals surface area contributed by atoms with Crippen LogP contribution in [0.3, 0.4) is 0 Å². The number of benzene rings is 2. The van der Waals surface area contributed by atoms with Gasteiger partial charge in [-0.1, -0.05) is 48.5 Å². The molecule has 204 valence electrons. The number of ether oxygens (including phenoxy) is 1. The van der Waals surface area contributed by atoms with Crippen LogP contribution >= 0.6 is 12.6 Å². The third-order valence-corrected chi connectivity index (χ3v) is 6.50. The van der Waals surface area contributed by atoms with Crippen LogP contribution in [0, 0.1) is 0 Å². The van der Waals surface area contributed by atoms with Crippen LogP contribution in [0.15, 0.2) is 48.5 Å². The normalized spacial score (nSPS) is 14.2. The van der Waals surface area contributed by atoms with Crippen LogP contribution in [0.25, 0.3) is 11.1 Å². The Balaban J connectivity index is 1.73. The molecule has 0 spiro atoms. The Morgan fingerprint density at radius 2 is 1.55 bits per heavy atom.